The molecule has 4 rings (SSSR count). The Morgan fingerprint density at radius 2 is 1.42 bits per heavy atom. The zero-order valence-corrected chi connectivity index (χ0v) is 19.0. The number of nitrogens with zero attached hydrogens (tertiary/aromatic N) is 4. The number of carboxylic acids is 2. The monoisotopic (exact) mass is 454 g/mol. The minimum atomic E-state index is -0.991. The van der Waals surface area contributed by atoms with E-state index in [0.29, 0.717) is 11.1 Å². The van der Waals surface area contributed by atoms with Crippen LogP contribution in [0.15, 0.2) is 43.0 Å². The van der Waals surface area contributed by atoms with Gasteiger partial charge < -0.3 is 19.7 Å². The summed E-state index contributed by atoms with van der Waals surface area (Å²) in [5, 5.41) is 26.4. The fraction of sp³-hybridized carbons (Fsp3) is 0.304. The highest BCUT2D eigenvalue weighted by Crippen LogP contribution is 2.27. The van der Waals surface area contributed by atoms with E-state index in [1.807, 2.05) is 45.2 Å². The second-order valence-electron chi connectivity index (χ2n) is 7.50. The molecule has 4 aromatic heterocycles. The number of fused-ring (bicyclic) bond motifs is 2. The number of carbonyl (C=O) groups is 2. The molecule has 0 saturated heterocycles. The van der Waals surface area contributed by atoms with Crippen molar-refractivity contribution in [1.82, 2.24) is 19.2 Å². The Morgan fingerprint density at radius 1 is 0.909 bits per heavy atom. The number of rotatable bonds is 6. The third-order valence-electron chi connectivity index (χ3n) is 5.40. The van der Waals surface area contributed by atoms with Crippen molar-refractivity contribution >= 4 is 23.0 Å². The lowest BCUT2D eigenvalue weighted by atomic mass is 10.0. The van der Waals surface area contributed by atoms with Gasteiger partial charge in [0.1, 0.15) is 0 Å². The Labute approximate surface area is 190 Å². The Kier molecular flexibility index (Phi) is 7.10. The normalized spacial score (nSPS) is 12.9. The van der Waals surface area contributed by atoms with E-state index >= 15 is 0 Å². The number of methoxy groups -OCH3 is 2. The minimum absolute atomic E-state index is 0.181. The van der Waals surface area contributed by atoms with E-state index in [1.165, 1.54) is 12.4 Å². The van der Waals surface area contributed by atoms with Gasteiger partial charge in [0, 0.05) is 37.7 Å². The number of carboxylic acid groups (broad SMARTS) is 2. The summed E-state index contributed by atoms with van der Waals surface area (Å²) in [7, 11) is 3.11. The maximum Gasteiger partial charge on any atom is 0.337 e. The van der Waals surface area contributed by atoms with E-state index in [-0.39, 0.29) is 23.3 Å². The Morgan fingerprint density at radius 3 is 1.94 bits per heavy atom. The summed E-state index contributed by atoms with van der Waals surface area (Å²) in [6.45, 7) is 5.58. The lowest BCUT2D eigenvalue weighted by molar-refractivity contribution is 0.0673. The van der Waals surface area contributed by atoms with E-state index in [9.17, 15) is 14.7 Å². The maximum absolute atomic E-state index is 11.2. The predicted molar refractivity (Wildman–Crippen MR) is 120 cm³/mol. The van der Waals surface area contributed by atoms with Gasteiger partial charge in [-0.15, -0.1) is 0 Å². The summed E-state index contributed by atoms with van der Waals surface area (Å²) >= 11 is 0. The summed E-state index contributed by atoms with van der Waals surface area (Å²) in [6.07, 6.45) is 5.76. The van der Waals surface area contributed by atoms with Crippen LogP contribution in [0.2, 0.25) is 0 Å². The van der Waals surface area contributed by atoms with E-state index < -0.39 is 11.9 Å². The van der Waals surface area contributed by atoms with Crippen molar-refractivity contribution in [2.75, 3.05) is 14.2 Å². The highest BCUT2D eigenvalue weighted by molar-refractivity contribution is 5.92. The number of aryl methyl sites for hydroxylation is 1. The SMILES string of the molecule is COC(C)c1c(C(=O)O)cnn2cc(C)cc12.COC(C)c1c(C(=O)O)cnn2cccc12. The summed E-state index contributed by atoms with van der Waals surface area (Å²) in [6, 6.07) is 5.55. The highest BCUT2D eigenvalue weighted by atomic mass is 16.5. The molecule has 2 N–H and O–H groups in total. The van der Waals surface area contributed by atoms with Crippen LogP contribution in [0, 0.1) is 6.92 Å². The van der Waals surface area contributed by atoms with Crippen molar-refractivity contribution in [3.05, 3.63) is 70.8 Å². The van der Waals surface area contributed by atoms with Crippen LogP contribution in [0.25, 0.3) is 11.0 Å². The predicted octanol–water partition coefficient (Wildman–Crippen LogP) is 3.79. The molecule has 0 aliphatic rings. The topological polar surface area (TPSA) is 128 Å². The molecule has 0 aromatic carbocycles. The molecule has 0 amide bonds. The number of ether oxygens (including phenoxy) is 2. The van der Waals surface area contributed by atoms with Crippen LogP contribution >= 0.6 is 0 Å². The molecule has 33 heavy (non-hydrogen) atoms. The number of hydrogen-bond acceptors (Lipinski definition) is 6. The molecule has 0 saturated carbocycles. The van der Waals surface area contributed by atoms with E-state index in [4.69, 9.17) is 14.6 Å². The third-order valence-corrected chi connectivity index (χ3v) is 5.40. The molecule has 0 bridgehead atoms. The van der Waals surface area contributed by atoms with Gasteiger partial charge in [-0.25, -0.2) is 18.6 Å². The molecule has 0 aliphatic heterocycles. The molecule has 0 radical (unpaired) electrons. The molecule has 0 aliphatic carbocycles. The molecule has 0 fully saturated rings. The molecule has 4 heterocycles. The summed E-state index contributed by atoms with van der Waals surface area (Å²) in [4.78, 5) is 22.3. The lowest BCUT2D eigenvalue weighted by Gasteiger charge is -2.14. The van der Waals surface area contributed by atoms with Crippen molar-refractivity contribution in [2.24, 2.45) is 0 Å². The van der Waals surface area contributed by atoms with Gasteiger partial charge in [0.25, 0.3) is 0 Å². The lowest BCUT2D eigenvalue weighted by Crippen LogP contribution is -2.10. The van der Waals surface area contributed by atoms with Crippen LogP contribution in [-0.2, 0) is 9.47 Å². The summed E-state index contributed by atoms with van der Waals surface area (Å²) in [5.74, 6) is -1.98. The fourth-order valence-electron chi connectivity index (χ4n) is 3.65. The zero-order valence-electron chi connectivity index (χ0n) is 19.0. The molecule has 2 atom stereocenters. The van der Waals surface area contributed by atoms with Gasteiger partial charge in [-0.3, -0.25) is 0 Å². The molecular weight excluding hydrogens is 428 g/mol. The first-order valence-corrected chi connectivity index (χ1v) is 10.2. The van der Waals surface area contributed by atoms with Gasteiger partial charge in [0.05, 0.1) is 46.8 Å². The van der Waals surface area contributed by atoms with Gasteiger partial charge in [0.2, 0.25) is 0 Å². The second kappa shape index (κ2) is 9.80. The smallest absolute Gasteiger partial charge is 0.337 e. The Hall–Kier alpha value is -3.76. The Balaban J connectivity index is 0.000000186. The van der Waals surface area contributed by atoms with Crippen LogP contribution in [-0.4, -0.2) is 55.6 Å². The molecule has 10 nitrogen and oxygen atoms in total. The average Bonchev–Trinajstić information content (AvgIpc) is 3.42. The first-order chi connectivity index (χ1) is 15.7. The quantitative estimate of drug-likeness (QED) is 0.450. The van der Waals surface area contributed by atoms with Crippen LogP contribution in [0.1, 0.15) is 63.5 Å². The van der Waals surface area contributed by atoms with Crippen LogP contribution in [0.5, 0.6) is 0 Å². The van der Waals surface area contributed by atoms with Crippen molar-refractivity contribution in [3.8, 4) is 0 Å². The van der Waals surface area contributed by atoms with E-state index in [2.05, 4.69) is 10.2 Å². The standard InChI is InChI=1S/C12H14N2O3.C11H12N2O3/c1-7-4-10-11(8(2)17-3)9(12(15)16)5-13-14(10)6-7;1-7(16-2)10-8(11(14)15)6-12-13-5-3-4-9(10)13/h4-6,8H,1-3H3,(H,15,16);3-7H,1-2H3,(H,14,15). The van der Waals surface area contributed by atoms with Crippen LogP contribution < -0.4 is 0 Å². The zero-order chi connectivity index (χ0) is 24.3. The van der Waals surface area contributed by atoms with Crippen molar-refractivity contribution < 1.29 is 29.3 Å². The highest BCUT2D eigenvalue weighted by Gasteiger charge is 2.21. The Bertz CT molecular complexity index is 1310. The molecule has 2 unspecified atom stereocenters. The average molecular weight is 454 g/mol. The van der Waals surface area contributed by atoms with Gasteiger partial charge in [-0.05, 0) is 44.5 Å². The molecule has 4 aromatic rings. The first kappa shape index (κ1) is 23.9. The fourth-order valence-corrected chi connectivity index (χ4v) is 3.65. The van der Waals surface area contributed by atoms with Crippen molar-refractivity contribution in [2.45, 2.75) is 33.0 Å². The largest absolute Gasteiger partial charge is 0.478 e. The summed E-state index contributed by atoms with van der Waals surface area (Å²) < 4.78 is 13.7. The summed E-state index contributed by atoms with van der Waals surface area (Å²) in [5.41, 5.74) is 4.24. The number of hydrogen-bond donors (Lipinski definition) is 2. The van der Waals surface area contributed by atoms with Gasteiger partial charge >= 0.3 is 11.9 Å². The van der Waals surface area contributed by atoms with E-state index in [0.717, 1.165) is 16.6 Å². The maximum atomic E-state index is 11.2. The van der Waals surface area contributed by atoms with Gasteiger partial charge in [-0.1, -0.05) is 0 Å². The molecular formula is C23H26N4O6. The van der Waals surface area contributed by atoms with Gasteiger partial charge in [0.15, 0.2) is 0 Å². The van der Waals surface area contributed by atoms with Gasteiger partial charge in [-0.2, -0.15) is 10.2 Å². The number of aromatic nitrogens is 4. The third kappa shape index (κ3) is 4.71. The first-order valence-electron chi connectivity index (χ1n) is 10.2. The molecule has 0 spiro atoms. The molecule has 10 heteroatoms. The van der Waals surface area contributed by atoms with Crippen LogP contribution in [0.4, 0.5) is 0 Å². The van der Waals surface area contributed by atoms with Crippen LogP contribution in [0.3, 0.4) is 0 Å². The van der Waals surface area contributed by atoms with E-state index in [1.54, 1.807) is 29.4 Å². The van der Waals surface area contributed by atoms with Crippen molar-refractivity contribution in [1.29, 1.82) is 0 Å². The minimum Gasteiger partial charge on any atom is -0.478 e. The number of aromatic carboxylic acids is 2. The van der Waals surface area contributed by atoms with Crippen molar-refractivity contribution in [3.63, 3.8) is 0 Å². The second-order valence-corrected chi connectivity index (χ2v) is 7.50. The molecule has 174 valence electrons.